The van der Waals surface area contributed by atoms with Crippen molar-refractivity contribution in [2.45, 2.75) is 33.5 Å². The normalized spacial score (nSPS) is 14.7. The summed E-state index contributed by atoms with van der Waals surface area (Å²) in [6.07, 6.45) is 1.22. The summed E-state index contributed by atoms with van der Waals surface area (Å²) >= 11 is 16.3. The predicted molar refractivity (Wildman–Crippen MR) is 140 cm³/mol. The van der Waals surface area contributed by atoms with Crippen LogP contribution in [0.3, 0.4) is 0 Å². The van der Waals surface area contributed by atoms with Crippen molar-refractivity contribution in [2.24, 2.45) is 0 Å². The molecular weight excluding hydrogens is 581 g/mol. The van der Waals surface area contributed by atoms with Gasteiger partial charge in [0, 0.05) is 0 Å². The monoisotopic (exact) mass is 601 g/mol. The van der Waals surface area contributed by atoms with Crippen LogP contribution in [0.15, 0.2) is 39.7 Å². The minimum Gasteiger partial charge on any atom is -0.490 e. The number of carbonyl (C=O) groups excluding carboxylic acids is 3. The third-order valence-electron chi connectivity index (χ3n) is 4.52. The summed E-state index contributed by atoms with van der Waals surface area (Å²) in [4.78, 5) is 38.0. The molecule has 0 atom stereocenters. The lowest BCUT2D eigenvalue weighted by atomic mass is 10.1. The smallest absolute Gasteiger partial charge is 0.326 e. The number of thioether (sulfide) groups is 1. The Morgan fingerprint density at radius 3 is 2.54 bits per heavy atom. The maximum Gasteiger partial charge on any atom is 0.326 e. The first kappa shape index (κ1) is 27.4. The Labute approximate surface area is 225 Å². The molecule has 1 saturated heterocycles. The number of rotatable bonds is 9. The Morgan fingerprint density at radius 1 is 1.14 bits per heavy atom. The lowest BCUT2D eigenvalue weighted by Crippen LogP contribution is -2.35. The van der Waals surface area contributed by atoms with Crippen LogP contribution in [0.5, 0.6) is 11.5 Å². The van der Waals surface area contributed by atoms with E-state index in [9.17, 15) is 14.4 Å². The molecule has 186 valence electrons. The molecule has 0 aliphatic carbocycles. The molecule has 0 unspecified atom stereocenters. The molecule has 2 amide bonds. The Hall–Kier alpha value is -2.20. The number of halogens is 3. The highest BCUT2D eigenvalue weighted by atomic mass is 79.9. The van der Waals surface area contributed by atoms with E-state index in [4.69, 9.17) is 37.4 Å². The van der Waals surface area contributed by atoms with Gasteiger partial charge in [0.25, 0.3) is 11.1 Å². The van der Waals surface area contributed by atoms with Crippen molar-refractivity contribution in [1.29, 1.82) is 0 Å². The van der Waals surface area contributed by atoms with Crippen LogP contribution >= 0.6 is 50.9 Å². The summed E-state index contributed by atoms with van der Waals surface area (Å²) in [5, 5.41) is 0.350. The predicted octanol–water partition coefficient (Wildman–Crippen LogP) is 6.72. The number of carbonyl (C=O) groups is 3. The summed E-state index contributed by atoms with van der Waals surface area (Å²) in [5.74, 6) is -0.282. The first-order valence-corrected chi connectivity index (χ1v) is 12.9. The van der Waals surface area contributed by atoms with Gasteiger partial charge in [-0.25, -0.2) is 0 Å². The first-order valence-electron chi connectivity index (χ1n) is 10.6. The molecule has 2 aromatic carbocycles. The number of ether oxygens (including phenoxy) is 3. The highest BCUT2D eigenvalue weighted by molar-refractivity contribution is 9.10. The van der Waals surface area contributed by atoms with Gasteiger partial charge in [-0.1, -0.05) is 29.3 Å². The molecule has 7 nitrogen and oxygen atoms in total. The van der Waals surface area contributed by atoms with Crippen molar-refractivity contribution in [3.05, 3.63) is 60.9 Å². The van der Waals surface area contributed by atoms with Gasteiger partial charge in [-0.15, -0.1) is 0 Å². The zero-order chi connectivity index (χ0) is 25.7. The topological polar surface area (TPSA) is 82.1 Å². The zero-order valence-electron chi connectivity index (χ0n) is 19.1. The number of amides is 2. The van der Waals surface area contributed by atoms with Crippen molar-refractivity contribution in [2.75, 3.05) is 13.2 Å². The third-order valence-corrected chi connectivity index (χ3v) is 6.76. The fourth-order valence-corrected chi connectivity index (χ4v) is 4.81. The molecule has 0 bridgehead atoms. The molecule has 3 rings (SSSR count). The largest absolute Gasteiger partial charge is 0.490 e. The minimum atomic E-state index is -0.645. The van der Waals surface area contributed by atoms with Gasteiger partial charge in [-0.2, -0.15) is 0 Å². The molecule has 1 heterocycles. The SMILES string of the molecule is CCOc1cc(/C=C2\SC(=O)N(CC(=O)OC(C)C)C2=O)cc(Br)c1OCc1ccc(Cl)c(Cl)c1. The summed E-state index contributed by atoms with van der Waals surface area (Å²) in [7, 11) is 0. The van der Waals surface area contributed by atoms with E-state index in [0.29, 0.717) is 38.2 Å². The van der Waals surface area contributed by atoms with E-state index >= 15 is 0 Å². The van der Waals surface area contributed by atoms with Crippen LogP contribution in [-0.4, -0.2) is 41.3 Å². The number of hydrogen-bond acceptors (Lipinski definition) is 7. The maximum absolute atomic E-state index is 12.7. The van der Waals surface area contributed by atoms with Crippen LogP contribution in [0.2, 0.25) is 10.0 Å². The fraction of sp³-hybridized carbons (Fsp3) is 0.292. The van der Waals surface area contributed by atoms with Gasteiger partial charge < -0.3 is 14.2 Å². The Bertz CT molecular complexity index is 1190. The molecular formula is C24H22BrCl2NO6S. The lowest BCUT2D eigenvalue weighted by molar-refractivity contribution is -0.149. The van der Waals surface area contributed by atoms with Gasteiger partial charge in [0.2, 0.25) is 0 Å². The second kappa shape index (κ2) is 12.2. The number of hydrogen-bond donors (Lipinski definition) is 0. The molecule has 35 heavy (non-hydrogen) atoms. The second-order valence-corrected chi connectivity index (χ2v) is 10.3. The lowest BCUT2D eigenvalue weighted by Gasteiger charge is -2.15. The Morgan fingerprint density at radius 2 is 1.89 bits per heavy atom. The van der Waals surface area contributed by atoms with Gasteiger partial charge in [0.1, 0.15) is 13.2 Å². The Balaban J connectivity index is 1.81. The molecule has 0 saturated carbocycles. The van der Waals surface area contributed by atoms with E-state index in [1.54, 1.807) is 44.2 Å². The van der Waals surface area contributed by atoms with Crippen molar-refractivity contribution < 1.29 is 28.6 Å². The zero-order valence-corrected chi connectivity index (χ0v) is 23.0. The summed E-state index contributed by atoms with van der Waals surface area (Å²) in [6, 6.07) is 8.68. The van der Waals surface area contributed by atoms with Crippen LogP contribution in [0.1, 0.15) is 31.9 Å². The highest BCUT2D eigenvalue weighted by Crippen LogP contribution is 2.40. The summed E-state index contributed by atoms with van der Waals surface area (Å²) in [6.45, 7) is 5.39. The Kier molecular flexibility index (Phi) is 9.52. The quantitative estimate of drug-likeness (QED) is 0.233. The van der Waals surface area contributed by atoms with Crippen LogP contribution in [0.4, 0.5) is 4.79 Å². The molecule has 0 N–H and O–H groups in total. The standard InChI is InChI=1S/C24H22BrCl2NO6S/c1-4-32-19-9-15(7-16(25)22(19)33-12-14-5-6-17(26)18(27)8-14)10-20-23(30)28(24(31)35-20)11-21(29)34-13(2)3/h5-10,13H,4,11-12H2,1-3H3/b20-10-. The van der Waals surface area contributed by atoms with Crippen molar-refractivity contribution in [1.82, 2.24) is 4.90 Å². The molecule has 0 aromatic heterocycles. The molecule has 1 aliphatic heterocycles. The maximum atomic E-state index is 12.7. The molecule has 0 radical (unpaired) electrons. The van der Waals surface area contributed by atoms with Crippen molar-refractivity contribution >= 4 is 74.1 Å². The number of benzene rings is 2. The molecule has 1 fully saturated rings. The summed E-state index contributed by atoms with van der Waals surface area (Å²) < 4.78 is 17.4. The number of imide groups is 1. The minimum absolute atomic E-state index is 0.186. The van der Waals surface area contributed by atoms with Crippen LogP contribution in [0, 0.1) is 0 Å². The van der Waals surface area contributed by atoms with E-state index < -0.39 is 23.7 Å². The van der Waals surface area contributed by atoms with Crippen molar-refractivity contribution in [3.63, 3.8) is 0 Å². The fourth-order valence-electron chi connectivity index (χ4n) is 3.08. The molecule has 11 heteroatoms. The second-order valence-electron chi connectivity index (χ2n) is 7.61. The molecule has 1 aliphatic rings. The van der Waals surface area contributed by atoms with E-state index in [1.807, 2.05) is 13.0 Å². The average Bonchev–Trinajstić information content (AvgIpc) is 3.02. The van der Waals surface area contributed by atoms with Gasteiger partial charge in [-0.05, 0) is 89.9 Å². The highest BCUT2D eigenvalue weighted by Gasteiger charge is 2.37. The van der Waals surface area contributed by atoms with Crippen LogP contribution < -0.4 is 9.47 Å². The average molecular weight is 603 g/mol. The van der Waals surface area contributed by atoms with Crippen LogP contribution in [-0.2, 0) is 20.9 Å². The van der Waals surface area contributed by atoms with Gasteiger partial charge in [0.15, 0.2) is 11.5 Å². The third kappa shape index (κ3) is 7.16. The number of nitrogens with zero attached hydrogens (tertiary/aromatic N) is 1. The first-order chi connectivity index (χ1) is 16.6. The van der Waals surface area contributed by atoms with Gasteiger partial charge in [-0.3, -0.25) is 19.3 Å². The molecule has 0 spiro atoms. The number of esters is 1. The van der Waals surface area contributed by atoms with Gasteiger partial charge in [0.05, 0.1) is 32.1 Å². The van der Waals surface area contributed by atoms with Crippen LogP contribution in [0.25, 0.3) is 6.08 Å². The van der Waals surface area contributed by atoms with E-state index in [1.165, 1.54) is 0 Å². The van der Waals surface area contributed by atoms with E-state index in [0.717, 1.165) is 22.2 Å². The summed E-state index contributed by atoms with van der Waals surface area (Å²) in [5.41, 5.74) is 1.43. The van der Waals surface area contributed by atoms with E-state index in [-0.39, 0.29) is 17.6 Å². The van der Waals surface area contributed by atoms with Gasteiger partial charge >= 0.3 is 5.97 Å². The van der Waals surface area contributed by atoms with E-state index in [2.05, 4.69) is 15.9 Å². The molecule has 2 aromatic rings. The van der Waals surface area contributed by atoms with Crippen molar-refractivity contribution in [3.8, 4) is 11.5 Å².